The van der Waals surface area contributed by atoms with Crippen molar-refractivity contribution in [1.29, 1.82) is 0 Å². The first-order valence-electron chi connectivity index (χ1n) is 8.39. The van der Waals surface area contributed by atoms with Gasteiger partial charge in [-0.15, -0.1) is 0 Å². The third kappa shape index (κ3) is 4.01. The molecule has 0 aliphatic carbocycles. The van der Waals surface area contributed by atoms with Crippen LogP contribution in [0.4, 0.5) is 0 Å². The van der Waals surface area contributed by atoms with Crippen molar-refractivity contribution in [3.8, 4) is 5.75 Å². The minimum Gasteiger partial charge on any atom is -0.489 e. The van der Waals surface area contributed by atoms with Gasteiger partial charge in [-0.05, 0) is 44.0 Å². The van der Waals surface area contributed by atoms with Crippen LogP contribution in [-0.4, -0.2) is 36.5 Å². The lowest BCUT2D eigenvalue weighted by atomic mass is 10.2. The maximum Gasteiger partial charge on any atom is 0.254 e. The van der Waals surface area contributed by atoms with Crippen LogP contribution in [0.5, 0.6) is 5.75 Å². The second-order valence-electron chi connectivity index (χ2n) is 6.65. The van der Waals surface area contributed by atoms with E-state index in [1.54, 1.807) is 20.0 Å². The summed E-state index contributed by atoms with van der Waals surface area (Å²) < 4.78 is 34.6. The zero-order valence-electron chi connectivity index (χ0n) is 15.2. The van der Waals surface area contributed by atoms with Gasteiger partial charge in [0.25, 0.3) is 5.56 Å². The van der Waals surface area contributed by atoms with Gasteiger partial charge in [0.15, 0.2) is 0 Å². The van der Waals surface area contributed by atoms with E-state index in [4.69, 9.17) is 27.9 Å². The highest BCUT2D eigenvalue weighted by molar-refractivity contribution is 7.89. The molecule has 1 saturated heterocycles. The zero-order valence-corrected chi connectivity index (χ0v) is 17.5. The van der Waals surface area contributed by atoms with Gasteiger partial charge in [-0.1, -0.05) is 23.2 Å². The molecule has 146 valence electrons. The largest absolute Gasteiger partial charge is 0.489 e. The average Bonchev–Trinajstić information content (AvgIpc) is 3.05. The van der Waals surface area contributed by atoms with E-state index in [1.807, 2.05) is 6.92 Å². The number of halogens is 2. The van der Waals surface area contributed by atoms with Crippen molar-refractivity contribution in [2.24, 2.45) is 7.05 Å². The molecule has 2 aromatic rings. The molecule has 0 saturated carbocycles. The summed E-state index contributed by atoms with van der Waals surface area (Å²) in [5.41, 5.74) is 1.24. The van der Waals surface area contributed by atoms with Gasteiger partial charge in [0.2, 0.25) is 10.0 Å². The van der Waals surface area contributed by atoms with Gasteiger partial charge >= 0.3 is 0 Å². The Kier molecular flexibility index (Phi) is 5.59. The van der Waals surface area contributed by atoms with Crippen molar-refractivity contribution >= 4 is 33.2 Å². The molecule has 6 nitrogen and oxygen atoms in total. The van der Waals surface area contributed by atoms with Gasteiger partial charge in [-0.25, -0.2) is 8.42 Å². The molecule has 0 N–H and O–H groups in total. The Morgan fingerprint density at radius 2 is 1.81 bits per heavy atom. The van der Waals surface area contributed by atoms with Gasteiger partial charge in [-0.3, -0.25) is 4.79 Å². The average molecular weight is 431 g/mol. The number of sulfonamides is 1. The van der Waals surface area contributed by atoms with Crippen LogP contribution in [0.2, 0.25) is 10.0 Å². The molecule has 1 aliphatic heterocycles. The molecule has 3 rings (SSSR count). The fourth-order valence-electron chi connectivity index (χ4n) is 2.98. The SMILES string of the molecule is Cc1cc(S(=O)(=O)N2CCC(Oc3cc(C)n(C)c(=O)c3)C2)c(Cl)cc1Cl. The topological polar surface area (TPSA) is 68.6 Å². The Balaban J connectivity index is 1.79. The van der Waals surface area contributed by atoms with Gasteiger partial charge < -0.3 is 9.30 Å². The van der Waals surface area contributed by atoms with E-state index in [-0.39, 0.29) is 28.1 Å². The smallest absolute Gasteiger partial charge is 0.254 e. The molecule has 27 heavy (non-hydrogen) atoms. The number of pyridine rings is 1. The van der Waals surface area contributed by atoms with Crippen LogP contribution in [0.1, 0.15) is 17.7 Å². The number of hydrogen-bond acceptors (Lipinski definition) is 4. The first-order valence-corrected chi connectivity index (χ1v) is 10.6. The molecule has 0 spiro atoms. The molecule has 1 unspecified atom stereocenters. The molecule has 1 aromatic heterocycles. The van der Waals surface area contributed by atoms with Crippen molar-refractivity contribution in [1.82, 2.24) is 8.87 Å². The Morgan fingerprint density at radius 3 is 2.48 bits per heavy atom. The second kappa shape index (κ2) is 7.47. The first-order chi connectivity index (χ1) is 12.6. The number of aryl methyl sites for hydroxylation is 2. The zero-order chi connectivity index (χ0) is 19.9. The maximum atomic E-state index is 13.0. The van der Waals surface area contributed by atoms with E-state index >= 15 is 0 Å². The monoisotopic (exact) mass is 430 g/mol. The number of hydrogen-bond donors (Lipinski definition) is 0. The molecule has 0 bridgehead atoms. The summed E-state index contributed by atoms with van der Waals surface area (Å²) in [6.07, 6.45) is 0.191. The fraction of sp³-hybridized carbons (Fsp3) is 0.389. The van der Waals surface area contributed by atoms with Crippen molar-refractivity contribution in [3.63, 3.8) is 0 Å². The molecular weight excluding hydrogens is 411 g/mol. The van der Waals surface area contributed by atoms with Gasteiger partial charge in [0, 0.05) is 30.4 Å². The summed E-state index contributed by atoms with van der Waals surface area (Å²) in [6, 6.07) is 6.10. The van der Waals surface area contributed by atoms with Crippen LogP contribution in [0, 0.1) is 13.8 Å². The lowest BCUT2D eigenvalue weighted by molar-refractivity contribution is 0.214. The van der Waals surface area contributed by atoms with E-state index in [0.29, 0.717) is 29.3 Å². The first kappa shape index (κ1) is 20.2. The number of rotatable bonds is 4. The predicted molar refractivity (Wildman–Crippen MR) is 105 cm³/mol. The Hall–Kier alpha value is -1.54. The molecule has 2 heterocycles. The molecule has 0 amide bonds. The molecule has 1 fully saturated rings. The Morgan fingerprint density at radius 1 is 1.11 bits per heavy atom. The van der Waals surface area contributed by atoms with Crippen LogP contribution < -0.4 is 10.3 Å². The molecule has 1 aliphatic rings. The normalized spacial score (nSPS) is 18.0. The summed E-state index contributed by atoms with van der Waals surface area (Å²) in [5.74, 6) is 0.445. The van der Waals surface area contributed by atoms with Crippen molar-refractivity contribution in [2.75, 3.05) is 13.1 Å². The van der Waals surface area contributed by atoms with E-state index < -0.39 is 10.0 Å². The van der Waals surface area contributed by atoms with Crippen LogP contribution in [0.3, 0.4) is 0 Å². The summed E-state index contributed by atoms with van der Waals surface area (Å²) in [6.45, 7) is 4.04. The Bertz CT molecular complexity index is 1050. The minimum absolute atomic E-state index is 0.0381. The van der Waals surface area contributed by atoms with E-state index in [0.717, 1.165) is 5.69 Å². The second-order valence-corrected chi connectivity index (χ2v) is 9.37. The number of aromatic nitrogens is 1. The highest BCUT2D eigenvalue weighted by Gasteiger charge is 2.35. The van der Waals surface area contributed by atoms with Crippen LogP contribution in [0.15, 0.2) is 34.0 Å². The van der Waals surface area contributed by atoms with Gasteiger partial charge in [0.1, 0.15) is 16.7 Å². The Labute approximate surface area is 168 Å². The number of ether oxygens (including phenoxy) is 1. The van der Waals surface area contributed by atoms with Crippen LogP contribution in [0.25, 0.3) is 0 Å². The molecule has 9 heteroatoms. The maximum absolute atomic E-state index is 13.0. The minimum atomic E-state index is -3.76. The highest BCUT2D eigenvalue weighted by atomic mass is 35.5. The number of nitrogens with zero attached hydrogens (tertiary/aromatic N) is 2. The predicted octanol–water partition coefficient (Wildman–Crippen LogP) is 3.15. The van der Waals surface area contributed by atoms with Gasteiger partial charge in [-0.2, -0.15) is 4.31 Å². The summed E-state index contributed by atoms with van der Waals surface area (Å²) in [4.78, 5) is 11.9. The lowest BCUT2D eigenvalue weighted by Crippen LogP contribution is -2.31. The van der Waals surface area contributed by atoms with Gasteiger partial charge in [0.05, 0.1) is 11.6 Å². The standard InChI is InChI=1S/C18H20Cl2N2O4S/c1-11-6-17(16(20)9-15(11)19)27(24,25)22-5-4-13(10-22)26-14-7-12(2)21(3)18(23)8-14/h6-9,13H,4-5,10H2,1-3H3. The van der Waals surface area contributed by atoms with Crippen molar-refractivity contribution < 1.29 is 13.2 Å². The summed E-state index contributed by atoms with van der Waals surface area (Å²) in [7, 11) is -2.08. The van der Waals surface area contributed by atoms with Crippen LogP contribution >= 0.6 is 23.2 Å². The highest BCUT2D eigenvalue weighted by Crippen LogP contribution is 2.32. The summed E-state index contributed by atoms with van der Waals surface area (Å²) in [5, 5.41) is 0.514. The van der Waals surface area contributed by atoms with E-state index in [9.17, 15) is 13.2 Å². The third-order valence-corrected chi connectivity index (χ3v) is 7.46. The summed E-state index contributed by atoms with van der Waals surface area (Å²) >= 11 is 12.1. The third-order valence-electron chi connectivity index (χ3n) is 4.72. The molecule has 1 aromatic carbocycles. The number of benzene rings is 1. The molecule has 0 radical (unpaired) electrons. The fourth-order valence-corrected chi connectivity index (χ4v) is 5.27. The van der Waals surface area contributed by atoms with Crippen molar-refractivity contribution in [2.45, 2.75) is 31.3 Å². The molecular formula is C18H20Cl2N2O4S. The van der Waals surface area contributed by atoms with E-state index in [2.05, 4.69) is 0 Å². The lowest BCUT2D eigenvalue weighted by Gasteiger charge is -2.19. The van der Waals surface area contributed by atoms with Crippen LogP contribution in [-0.2, 0) is 17.1 Å². The quantitative estimate of drug-likeness (QED) is 0.746. The molecule has 1 atom stereocenters. The van der Waals surface area contributed by atoms with Crippen molar-refractivity contribution in [3.05, 3.63) is 55.9 Å². The van der Waals surface area contributed by atoms with E-state index in [1.165, 1.54) is 27.1 Å².